The Kier molecular flexibility index (Phi) is 6.83. The van der Waals surface area contributed by atoms with Gasteiger partial charge in [-0.1, -0.05) is 6.92 Å². The zero-order valence-corrected chi connectivity index (χ0v) is 20.5. The number of thiazole rings is 1. The predicted octanol–water partition coefficient (Wildman–Crippen LogP) is 4.80. The Morgan fingerprint density at radius 3 is 2.64 bits per heavy atom. The van der Waals surface area contributed by atoms with Gasteiger partial charge < -0.3 is 4.74 Å². The van der Waals surface area contributed by atoms with Crippen LogP contribution < -0.4 is 10.1 Å². The molecule has 0 radical (unpaired) electrons. The summed E-state index contributed by atoms with van der Waals surface area (Å²) < 4.78 is 32.7. The second-order valence-corrected chi connectivity index (χ2v) is 11.1. The Hall–Kier alpha value is -2.75. The van der Waals surface area contributed by atoms with E-state index < -0.39 is 10.0 Å². The van der Waals surface area contributed by atoms with E-state index in [-0.39, 0.29) is 10.8 Å². The Morgan fingerprint density at radius 2 is 1.97 bits per heavy atom. The van der Waals surface area contributed by atoms with Gasteiger partial charge in [-0.25, -0.2) is 13.4 Å². The topological polar surface area (TPSA) is 88.6 Å². The van der Waals surface area contributed by atoms with E-state index in [9.17, 15) is 13.2 Å². The van der Waals surface area contributed by atoms with Crippen LogP contribution in [0.3, 0.4) is 0 Å². The molecular weight excluding hydrogens is 458 g/mol. The number of hydrogen-bond donors (Lipinski definition) is 1. The number of piperidine rings is 1. The van der Waals surface area contributed by atoms with Crippen LogP contribution in [0.25, 0.3) is 11.3 Å². The molecule has 9 heteroatoms. The number of methoxy groups -OCH3 is 1. The van der Waals surface area contributed by atoms with Crippen molar-refractivity contribution in [2.45, 2.75) is 31.6 Å². The Labute approximate surface area is 198 Å². The first kappa shape index (κ1) is 23.4. The molecule has 0 spiro atoms. The van der Waals surface area contributed by atoms with Crippen LogP contribution in [-0.2, 0) is 10.0 Å². The molecule has 2 aromatic carbocycles. The van der Waals surface area contributed by atoms with E-state index in [1.54, 1.807) is 7.11 Å². The van der Waals surface area contributed by atoms with E-state index >= 15 is 0 Å². The number of amides is 1. The van der Waals surface area contributed by atoms with Crippen molar-refractivity contribution >= 4 is 32.4 Å². The fourth-order valence-corrected chi connectivity index (χ4v) is 6.28. The third-order valence-electron chi connectivity index (χ3n) is 5.79. The molecule has 1 amide bonds. The fraction of sp³-hybridized carbons (Fsp3) is 0.333. The maximum Gasteiger partial charge on any atom is 0.257 e. The Morgan fingerprint density at radius 1 is 1.21 bits per heavy atom. The van der Waals surface area contributed by atoms with Crippen molar-refractivity contribution in [2.24, 2.45) is 5.92 Å². The highest BCUT2D eigenvalue weighted by atomic mass is 32.2. The number of anilines is 1. The molecule has 0 unspecified atom stereocenters. The van der Waals surface area contributed by atoms with Gasteiger partial charge in [-0.15, -0.1) is 11.3 Å². The van der Waals surface area contributed by atoms with Crippen molar-refractivity contribution in [3.63, 3.8) is 0 Å². The summed E-state index contributed by atoms with van der Waals surface area (Å²) in [5.41, 5.74) is 3.07. The number of sulfonamides is 1. The zero-order chi connectivity index (χ0) is 23.6. The lowest BCUT2D eigenvalue weighted by Gasteiger charge is -2.30. The van der Waals surface area contributed by atoms with Crippen molar-refractivity contribution in [3.05, 3.63) is 59.0 Å². The Bertz CT molecular complexity index is 1250. The van der Waals surface area contributed by atoms with Crippen LogP contribution in [0.5, 0.6) is 5.75 Å². The molecule has 1 fully saturated rings. The van der Waals surface area contributed by atoms with Crippen molar-refractivity contribution in [2.75, 3.05) is 25.5 Å². The summed E-state index contributed by atoms with van der Waals surface area (Å²) in [5, 5.41) is 5.15. The van der Waals surface area contributed by atoms with Gasteiger partial charge in [0.25, 0.3) is 5.91 Å². The molecule has 0 saturated carbocycles. The quantitative estimate of drug-likeness (QED) is 0.542. The molecule has 2 heterocycles. The molecule has 0 aliphatic carbocycles. The molecular formula is C24H27N3O4S2. The van der Waals surface area contributed by atoms with E-state index in [4.69, 9.17) is 4.74 Å². The Balaban J connectivity index is 1.45. The molecule has 33 heavy (non-hydrogen) atoms. The molecule has 4 rings (SSSR count). The largest absolute Gasteiger partial charge is 0.496 e. The number of nitrogens with zero attached hydrogens (tertiary/aromatic N) is 2. The van der Waals surface area contributed by atoms with Crippen LogP contribution >= 0.6 is 11.3 Å². The van der Waals surface area contributed by atoms with Gasteiger partial charge >= 0.3 is 0 Å². The average molecular weight is 486 g/mol. The van der Waals surface area contributed by atoms with Gasteiger partial charge in [-0.2, -0.15) is 4.31 Å². The van der Waals surface area contributed by atoms with E-state index in [0.717, 1.165) is 35.4 Å². The minimum atomic E-state index is -3.55. The highest BCUT2D eigenvalue weighted by Crippen LogP contribution is 2.29. The number of nitrogens with one attached hydrogen (secondary N) is 1. The molecule has 3 aromatic rings. The van der Waals surface area contributed by atoms with E-state index in [2.05, 4.69) is 17.2 Å². The SMILES string of the molecule is COc1ccc(-c2csc(NC(=O)c3ccc(S(=O)(=O)N4CCC[C@H](C)C4)cc3)n2)cc1C. The van der Waals surface area contributed by atoms with Gasteiger partial charge in [0.1, 0.15) is 5.75 Å². The molecule has 1 aliphatic heterocycles. The third-order valence-corrected chi connectivity index (χ3v) is 8.43. The molecule has 1 saturated heterocycles. The highest BCUT2D eigenvalue weighted by molar-refractivity contribution is 7.89. The summed E-state index contributed by atoms with van der Waals surface area (Å²) in [5.74, 6) is 0.823. The normalized spacial score (nSPS) is 17.0. The van der Waals surface area contributed by atoms with Gasteiger partial charge in [0, 0.05) is 29.6 Å². The number of carbonyl (C=O) groups excluding carboxylic acids is 1. The van der Waals surface area contributed by atoms with Crippen LogP contribution in [-0.4, -0.2) is 43.8 Å². The molecule has 1 aromatic heterocycles. The second kappa shape index (κ2) is 9.62. The fourth-order valence-electron chi connectivity index (χ4n) is 3.96. The lowest BCUT2D eigenvalue weighted by atomic mass is 10.0. The monoisotopic (exact) mass is 485 g/mol. The molecule has 1 N–H and O–H groups in total. The van der Waals surface area contributed by atoms with Crippen LogP contribution in [0.1, 0.15) is 35.7 Å². The number of benzene rings is 2. The summed E-state index contributed by atoms with van der Waals surface area (Å²) in [6.45, 7) is 5.10. The molecule has 1 atom stereocenters. The van der Waals surface area contributed by atoms with Crippen LogP contribution in [0.4, 0.5) is 5.13 Å². The van der Waals surface area contributed by atoms with Gasteiger partial charge in [-0.3, -0.25) is 10.1 Å². The van der Waals surface area contributed by atoms with Crippen LogP contribution in [0, 0.1) is 12.8 Å². The number of aromatic nitrogens is 1. The predicted molar refractivity (Wildman–Crippen MR) is 130 cm³/mol. The number of hydrogen-bond acceptors (Lipinski definition) is 6. The van der Waals surface area contributed by atoms with Gasteiger partial charge in [-0.05, 0) is 73.7 Å². The van der Waals surface area contributed by atoms with Gasteiger partial charge in [0.2, 0.25) is 10.0 Å². The number of carbonyl (C=O) groups is 1. The number of aryl methyl sites for hydroxylation is 1. The smallest absolute Gasteiger partial charge is 0.257 e. The van der Waals surface area contributed by atoms with E-state index in [1.165, 1.54) is 39.9 Å². The lowest BCUT2D eigenvalue weighted by Crippen LogP contribution is -2.39. The standard InChI is InChI=1S/C24H27N3O4S2/c1-16-5-4-12-27(14-16)33(29,30)20-9-6-18(7-10-20)23(28)26-24-25-21(15-32-24)19-8-11-22(31-3)17(2)13-19/h6-11,13,15-16H,4-5,12,14H2,1-3H3,(H,25,26,28)/t16-/m0/s1. The van der Waals surface area contributed by atoms with Gasteiger partial charge in [0.05, 0.1) is 17.7 Å². The first-order valence-electron chi connectivity index (χ1n) is 10.8. The lowest BCUT2D eigenvalue weighted by molar-refractivity contribution is 0.102. The maximum atomic E-state index is 12.9. The van der Waals surface area contributed by atoms with Gasteiger partial charge in [0.15, 0.2) is 5.13 Å². The first-order chi connectivity index (χ1) is 15.8. The zero-order valence-electron chi connectivity index (χ0n) is 18.9. The molecule has 1 aliphatic rings. The van der Waals surface area contributed by atoms with Crippen molar-refractivity contribution in [1.82, 2.24) is 9.29 Å². The van der Waals surface area contributed by atoms with Crippen molar-refractivity contribution in [1.29, 1.82) is 0 Å². The number of ether oxygens (including phenoxy) is 1. The third kappa shape index (κ3) is 5.10. The molecule has 7 nitrogen and oxygen atoms in total. The van der Waals surface area contributed by atoms with Crippen LogP contribution in [0.2, 0.25) is 0 Å². The van der Waals surface area contributed by atoms with E-state index in [0.29, 0.717) is 29.7 Å². The minimum Gasteiger partial charge on any atom is -0.496 e. The summed E-state index contributed by atoms with van der Waals surface area (Å²) in [6.07, 6.45) is 1.91. The van der Waals surface area contributed by atoms with Crippen LogP contribution in [0.15, 0.2) is 52.7 Å². The second-order valence-electron chi connectivity index (χ2n) is 8.31. The van der Waals surface area contributed by atoms with E-state index in [1.807, 2.05) is 30.5 Å². The van der Waals surface area contributed by atoms with Crippen molar-refractivity contribution in [3.8, 4) is 17.0 Å². The highest BCUT2D eigenvalue weighted by Gasteiger charge is 2.28. The maximum absolute atomic E-state index is 12.9. The van der Waals surface area contributed by atoms with Crippen molar-refractivity contribution < 1.29 is 17.9 Å². The molecule has 174 valence electrons. The summed E-state index contributed by atoms with van der Waals surface area (Å²) in [6, 6.07) is 11.9. The summed E-state index contributed by atoms with van der Waals surface area (Å²) in [4.78, 5) is 17.4. The average Bonchev–Trinajstić information content (AvgIpc) is 3.27. The first-order valence-corrected chi connectivity index (χ1v) is 13.1. The minimum absolute atomic E-state index is 0.208. The summed E-state index contributed by atoms with van der Waals surface area (Å²) in [7, 11) is -1.92. The summed E-state index contributed by atoms with van der Waals surface area (Å²) >= 11 is 1.33. The molecule has 0 bridgehead atoms. The number of rotatable bonds is 6.